The average Bonchev–Trinajstić information content (AvgIpc) is 2.68. The molecule has 0 saturated heterocycles. The maximum absolute atomic E-state index is 5.54. The molecular formula is C14H26N2O2. The second kappa shape index (κ2) is 6.90. The highest BCUT2D eigenvalue weighted by Gasteiger charge is 2.11. The summed E-state index contributed by atoms with van der Waals surface area (Å²) in [6.45, 7) is 12.8. The summed E-state index contributed by atoms with van der Waals surface area (Å²) >= 11 is 0. The van der Waals surface area contributed by atoms with Crippen molar-refractivity contribution in [2.45, 2.75) is 59.7 Å². The maximum Gasteiger partial charge on any atom is 0.162 e. The van der Waals surface area contributed by atoms with Gasteiger partial charge in [0.15, 0.2) is 5.76 Å². The van der Waals surface area contributed by atoms with Crippen LogP contribution in [-0.4, -0.2) is 17.3 Å². The monoisotopic (exact) mass is 254 g/mol. The van der Waals surface area contributed by atoms with Crippen LogP contribution in [0.1, 0.15) is 52.5 Å². The molecule has 0 aliphatic heterocycles. The summed E-state index contributed by atoms with van der Waals surface area (Å²) in [5.41, 5.74) is 1.01. The number of ether oxygens (including phenoxy) is 1. The van der Waals surface area contributed by atoms with Crippen molar-refractivity contribution in [1.29, 1.82) is 0 Å². The van der Waals surface area contributed by atoms with Gasteiger partial charge in [-0.15, -0.1) is 0 Å². The summed E-state index contributed by atoms with van der Waals surface area (Å²) in [5.74, 6) is 1.47. The predicted octanol–water partition coefficient (Wildman–Crippen LogP) is 3.13. The van der Waals surface area contributed by atoms with Gasteiger partial charge in [-0.2, -0.15) is 0 Å². The Bertz CT molecular complexity index is 340. The molecule has 0 aliphatic carbocycles. The molecule has 1 rings (SSSR count). The van der Waals surface area contributed by atoms with Crippen molar-refractivity contribution in [2.75, 3.05) is 6.61 Å². The van der Waals surface area contributed by atoms with Gasteiger partial charge in [0, 0.05) is 24.8 Å². The minimum absolute atomic E-state index is 0.0902. The quantitative estimate of drug-likeness (QED) is 0.759. The van der Waals surface area contributed by atoms with Crippen LogP contribution in [0.15, 0.2) is 10.6 Å². The highest BCUT2D eigenvalue weighted by Crippen LogP contribution is 2.08. The molecule has 1 aromatic heterocycles. The molecule has 0 aromatic carbocycles. The minimum Gasteiger partial charge on any atom is -0.373 e. The lowest BCUT2D eigenvalue weighted by Gasteiger charge is -2.19. The fraction of sp³-hybridized carbons (Fsp3) is 0.786. The second-order valence-corrected chi connectivity index (χ2v) is 6.12. The molecule has 4 heteroatoms. The molecule has 1 N–H and O–H groups in total. The Labute approximate surface area is 110 Å². The molecule has 0 spiro atoms. The Morgan fingerprint density at radius 1 is 1.39 bits per heavy atom. The first kappa shape index (κ1) is 15.2. The van der Waals surface area contributed by atoms with E-state index in [9.17, 15) is 0 Å². The lowest BCUT2D eigenvalue weighted by atomic mass is 10.1. The topological polar surface area (TPSA) is 47.3 Å². The largest absolute Gasteiger partial charge is 0.373 e. The van der Waals surface area contributed by atoms with Crippen LogP contribution in [0, 0.1) is 5.92 Å². The fourth-order valence-electron chi connectivity index (χ4n) is 1.35. The van der Waals surface area contributed by atoms with E-state index in [0.717, 1.165) is 31.0 Å². The molecule has 0 bridgehead atoms. The molecule has 1 aromatic rings. The Balaban J connectivity index is 2.26. The molecule has 0 fully saturated rings. The molecule has 4 nitrogen and oxygen atoms in total. The molecule has 0 radical (unpaired) electrons. The van der Waals surface area contributed by atoms with E-state index in [4.69, 9.17) is 9.26 Å². The summed E-state index contributed by atoms with van der Waals surface area (Å²) in [6, 6.07) is 1.95. The first-order chi connectivity index (χ1) is 8.37. The van der Waals surface area contributed by atoms with E-state index < -0.39 is 0 Å². The van der Waals surface area contributed by atoms with Gasteiger partial charge in [-0.1, -0.05) is 19.0 Å². The molecule has 104 valence electrons. The van der Waals surface area contributed by atoms with E-state index in [1.807, 2.05) is 6.07 Å². The fourth-order valence-corrected chi connectivity index (χ4v) is 1.35. The Morgan fingerprint density at radius 2 is 2.11 bits per heavy atom. The van der Waals surface area contributed by atoms with Gasteiger partial charge in [-0.05, 0) is 33.1 Å². The molecule has 0 amide bonds. The lowest BCUT2D eigenvalue weighted by Crippen LogP contribution is -2.35. The number of rotatable bonds is 7. The normalized spacial score (nSPS) is 12.3. The first-order valence-electron chi connectivity index (χ1n) is 6.64. The van der Waals surface area contributed by atoms with Crippen LogP contribution in [0.2, 0.25) is 0 Å². The van der Waals surface area contributed by atoms with Gasteiger partial charge in [-0.3, -0.25) is 0 Å². The van der Waals surface area contributed by atoms with Gasteiger partial charge in [0.2, 0.25) is 0 Å². The van der Waals surface area contributed by atoms with Crippen molar-refractivity contribution >= 4 is 0 Å². The molecule has 0 saturated carbocycles. The van der Waals surface area contributed by atoms with Gasteiger partial charge in [-0.25, -0.2) is 0 Å². The van der Waals surface area contributed by atoms with Gasteiger partial charge >= 0.3 is 0 Å². The maximum atomic E-state index is 5.54. The lowest BCUT2D eigenvalue weighted by molar-refractivity contribution is 0.0924. The summed E-state index contributed by atoms with van der Waals surface area (Å²) in [5, 5.41) is 7.39. The van der Waals surface area contributed by atoms with Crippen molar-refractivity contribution < 1.29 is 9.26 Å². The Morgan fingerprint density at radius 3 is 2.72 bits per heavy atom. The van der Waals surface area contributed by atoms with Crippen LogP contribution in [0.3, 0.4) is 0 Å². The zero-order chi connectivity index (χ0) is 13.6. The van der Waals surface area contributed by atoms with Crippen molar-refractivity contribution in [3.05, 3.63) is 17.5 Å². The summed E-state index contributed by atoms with van der Waals surface area (Å²) < 4.78 is 10.8. The molecule has 0 atom stereocenters. The standard InChI is InChI=1S/C14H26N2O2/c1-11(2)6-7-17-10-13-8-12(16-18-13)9-15-14(3,4)5/h8,11,15H,6-7,9-10H2,1-5H3. The minimum atomic E-state index is 0.0902. The Hall–Kier alpha value is -0.870. The number of nitrogens with zero attached hydrogens (tertiary/aromatic N) is 1. The molecule has 18 heavy (non-hydrogen) atoms. The number of hydrogen-bond acceptors (Lipinski definition) is 4. The third kappa shape index (κ3) is 6.77. The SMILES string of the molecule is CC(C)CCOCc1cc(CNC(C)(C)C)no1. The second-order valence-electron chi connectivity index (χ2n) is 6.12. The molecule has 1 heterocycles. The van der Waals surface area contributed by atoms with E-state index in [1.165, 1.54) is 0 Å². The van der Waals surface area contributed by atoms with Crippen LogP contribution in [0.5, 0.6) is 0 Å². The van der Waals surface area contributed by atoms with E-state index >= 15 is 0 Å². The van der Waals surface area contributed by atoms with Crippen LogP contribution in [0.25, 0.3) is 0 Å². The van der Waals surface area contributed by atoms with Gasteiger partial charge < -0.3 is 14.6 Å². The predicted molar refractivity (Wildman–Crippen MR) is 72.2 cm³/mol. The highest BCUT2D eigenvalue weighted by molar-refractivity contribution is 5.04. The van der Waals surface area contributed by atoms with E-state index in [1.54, 1.807) is 0 Å². The van der Waals surface area contributed by atoms with Crippen molar-refractivity contribution in [2.24, 2.45) is 5.92 Å². The van der Waals surface area contributed by atoms with Crippen molar-refractivity contribution in [3.8, 4) is 0 Å². The Kier molecular flexibility index (Phi) is 5.82. The van der Waals surface area contributed by atoms with Crippen LogP contribution >= 0.6 is 0 Å². The molecule has 0 unspecified atom stereocenters. The third-order valence-corrected chi connectivity index (χ3v) is 2.49. The average molecular weight is 254 g/mol. The first-order valence-corrected chi connectivity index (χ1v) is 6.64. The zero-order valence-electron chi connectivity index (χ0n) is 12.2. The van der Waals surface area contributed by atoms with Gasteiger partial charge in [0.1, 0.15) is 6.61 Å². The van der Waals surface area contributed by atoms with Crippen molar-refractivity contribution in [1.82, 2.24) is 10.5 Å². The van der Waals surface area contributed by atoms with Crippen LogP contribution in [-0.2, 0) is 17.9 Å². The van der Waals surface area contributed by atoms with E-state index in [-0.39, 0.29) is 5.54 Å². The summed E-state index contributed by atoms with van der Waals surface area (Å²) in [7, 11) is 0. The zero-order valence-corrected chi connectivity index (χ0v) is 12.2. The summed E-state index contributed by atoms with van der Waals surface area (Å²) in [4.78, 5) is 0. The third-order valence-electron chi connectivity index (χ3n) is 2.49. The van der Waals surface area contributed by atoms with Crippen LogP contribution in [0.4, 0.5) is 0 Å². The van der Waals surface area contributed by atoms with Crippen molar-refractivity contribution in [3.63, 3.8) is 0 Å². The van der Waals surface area contributed by atoms with Crippen LogP contribution < -0.4 is 5.32 Å². The summed E-state index contributed by atoms with van der Waals surface area (Å²) in [6.07, 6.45) is 1.08. The molecule has 0 aliphatic rings. The van der Waals surface area contributed by atoms with Gasteiger partial charge in [0.25, 0.3) is 0 Å². The number of aromatic nitrogens is 1. The van der Waals surface area contributed by atoms with Gasteiger partial charge in [0.05, 0.1) is 5.69 Å². The number of hydrogen-bond donors (Lipinski definition) is 1. The van der Waals surface area contributed by atoms with E-state index in [0.29, 0.717) is 12.5 Å². The van der Waals surface area contributed by atoms with E-state index in [2.05, 4.69) is 45.1 Å². The smallest absolute Gasteiger partial charge is 0.162 e. The molecular weight excluding hydrogens is 228 g/mol. The number of nitrogens with one attached hydrogen (secondary N) is 1. The highest BCUT2D eigenvalue weighted by atomic mass is 16.5.